The Morgan fingerprint density at radius 3 is 3.10 bits per heavy atom. The first-order valence-electron chi connectivity index (χ1n) is 7.41. The first kappa shape index (κ1) is 15.0. The van der Waals surface area contributed by atoms with Gasteiger partial charge in [0.25, 0.3) is 5.91 Å². The first-order chi connectivity index (χ1) is 9.83. The number of hydrogen-bond donors (Lipinski definition) is 2. The predicted molar refractivity (Wildman–Crippen MR) is 79.9 cm³/mol. The number of ether oxygens (including phenoxy) is 1. The number of methoxy groups -OCH3 is 1. The molecule has 0 radical (unpaired) electrons. The average molecular weight is 276 g/mol. The van der Waals surface area contributed by atoms with Crippen LogP contribution in [-0.2, 0) is 17.7 Å². The van der Waals surface area contributed by atoms with Gasteiger partial charge in [-0.25, -0.2) is 0 Å². The zero-order chi connectivity index (χ0) is 14.2. The zero-order valence-electron chi connectivity index (χ0n) is 12.2. The second-order valence-corrected chi connectivity index (χ2v) is 5.18. The fraction of sp³-hybridized carbons (Fsp3) is 0.562. The van der Waals surface area contributed by atoms with Crippen LogP contribution in [0.1, 0.15) is 40.7 Å². The van der Waals surface area contributed by atoms with Crippen LogP contribution in [0.5, 0.6) is 0 Å². The van der Waals surface area contributed by atoms with Gasteiger partial charge in [-0.15, -0.1) is 0 Å². The second kappa shape index (κ2) is 8.02. The summed E-state index contributed by atoms with van der Waals surface area (Å²) in [5, 5.41) is 6.36. The molecule has 0 saturated heterocycles. The lowest BCUT2D eigenvalue weighted by atomic mass is 9.95. The maximum Gasteiger partial charge on any atom is 0.251 e. The summed E-state index contributed by atoms with van der Waals surface area (Å²) in [5.74, 6) is 0.0653. The summed E-state index contributed by atoms with van der Waals surface area (Å²) in [5.41, 5.74) is 3.31. The van der Waals surface area contributed by atoms with Crippen molar-refractivity contribution in [3.8, 4) is 0 Å². The highest BCUT2D eigenvalue weighted by Crippen LogP contribution is 2.18. The molecule has 1 aromatic rings. The molecule has 1 amide bonds. The van der Waals surface area contributed by atoms with Gasteiger partial charge in [0.15, 0.2) is 0 Å². The SMILES string of the molecule is COCCCCCNC(=O)c1cccc2c1CCNC2. The summed E-state index contributed by atoms with van der Waals surface area (Å²) < 4.78 is 5.01. The lowest BCUT2D eigenvalue weighted by molar-refractivity contribution is 0.0951. The third-order valence-corrected chi connectivity index (χ3v) is 3.70. The Morgan fingerprint density at radius 2 is 2.25 bits per heavy atom. The fourth-order valence-electron chi connectivity index (χ4n) is 2.59. The fourth-order valence-corrected chi connectivity index (χ4v) is 2.59. The minimum absolute atomic E-state index is 0.0653. The van der Waals surface area contributed by atoms with E-state index in [2.05, 4.69) is 16.7 Å². The Kier molecular flexibility index (Phi) is 6.02. The normalized spacial score (nSPS) is 13.8. The summed E-state index contributed by atoms with van der Waals surface area (Å²) >= 11 is 0. The number of unbranched alkanes of at least 4 members (excludes halogenated alkanes) is 2. The summed E-state index contributed by atoms with van der Waals surface area (Å²) in [7, 11) is 1.72. The molecule has 1 aliphatic rings. The number of carbonyl (C=O) groups excluding carboxylic acids is 1. The van der Waals surface area contributed by atoms with Gasteiger partial charge in [0.05, 0.1) is 0 Å². The molecule has 20 heavy (non-hydrogen) atoms. The quantitative estimate of drug-likeness (QED) is 0.748. The van der Waals surface area contributed by atoms with Crippen LogP contribution in [0.4, 0.5) is 0 Å². The largest absolute Gasteiger partial charge is 0.385 e. The van der Waals surface area contributed by atoms with Crippen LogP contribution >= 0.6 is 0 Å². The third-order valence-electron chi connectivity index (χ3n) is 3.70. The molecule has 0 aliphatic carbocycles. The van der Waals surface area contributed by atoms with E-state index >= 15 is 0 Å². The van der Waals surface area contributed by atoms with E-state index < -0.39 is 0 Å². The molecule has 4 nitrogen and oxygen atoms in total. The van der Waals surface area contributed by atoms with Crippen molar-refractivity contribution in [3.05, 3.63) is 34.9 Å². The van der Waals surface area contributed by atoms with Crippen LogP contribution in [0.25, 0.3) is 0 Å². The van der Waals surface area contributed by atoms with E-state index in [1.165, 1.54) is 11.1 Å². The van der Waals surface area contributed by atoms with E-state index in [1.807, 2.05) is 12.1 Å². The van der Waals surface area contributed by atoms with Crippen LogP contribution in [0.15, 0.2) is 18.2 Å². The van der Waals surface area contributed by atoms with E-state index in [-0.39, 0.29) is 5.91 Å². The number of hydrogen-bond acceptors (Lipinski definition) is 3. The molecular formula is C16H24N2O2. The Balaban J connectivity index is 1.83. The van der Waals surface area contributed by atoms with Gasteiger partial charge in [-0.3, -0.25) is 4.79 Å². The van der Waals surface area contributed by atoms with Crippen molar-refractivity contribution in [2.75, 3.05) is 26.8 Å². The van der Waals surface area contributed by atoms with Crippen molar-refractivity contribution in [2.24, 2.45) is 0 Å². The summed E-state index contributed by atoms with van der Waals surface area (Å²) in [6.45, 7) is 3.36. The van der Waals surface area contributed by atoms with Gasteiger partial charge in [-0.2, -0.15) is 0 Å². The molecule has 110 valence electrons. The lowest BCUT2D eigenvalue weighted by Gasteiger charge is -2.19. The van der Waals surface area contributed by atoms with E-state index in [9.17, 15) is 4.79 Å². The molecule has 0 bridgehead atoms. The molecule has 2 N–H and O–H groups in total. The highest BCUT2D eigenvalue weighted by atomic mass is 16.5. The van der Waals surface area contributed by atoms with Crippen molar-refractivity contribution < 1.29 is 9.53 Å². The third kappa shape index (κ3) is 4.05. The smallest absolute Gasteiger partial charge is 0.251 e. The molecule has 0 spiro atoms. The molecule has 0 saturated carbocycles. The maximum absolute atomic E-state index is 12.2. The minimum Gasteiger partial charge on any atom is -0.385 e. The molecule has 1 aromatic carbocycles. The van der Waals surface area contributed by atoms with E-state index in [4.69, 9.17) is 4.74 Å². The summed E-state index contributed by atoms with van der Waals surface area (Å²) in [6, 6.07) is 6.01. The molecular weight excluding hydrogens is 252 g/mol. The monoisotopic (exact) mass is 276 g/mol. The Hall–Kier alpha value is -1.39. The van der Waals surface area contributed by atoms with Gasteiger partial charge >= 0.3 is 0 Å². The van der Waals surface area contributed by atoms with Gasteiger partial charge in [-0.1, -0.05) is 12.1 Å². The number of fused-ring (bicyclic) bond motifs is 1. The van der Waals surface area contributed by atoms with Gasteiger partial charge in [-0.05, 0) is 49.4 Å². The number of carbonyl (C=O) groups is 1. The molecule has 1 aliphatic heterocycles. The zero-order valence-corrected chi connectivity index (χ0v) is 12.2. The van der Waals surface area contributed by atoms with E-state index in [0.29, 0.717) is 0 Å². The predicted octanol–water partition coefficient (Wildman–Crippen LogP) is 1.88. The topological polar surface area (TPSA) is 50.4 Å². The number of amides is 1. The van der Waals surface area contributed by atoms with Crippen LogP contribution in [0.3, 0.4) is 0 Å². The second-order valence-electron chi connectivity index (χ2n) is 5.18. The number of rotatable bonds is 7. The molecule has 0 atom stereocenters. The standard InChI is InChI=1S/C16H24N2O2/c1-20-11-4-2-3-9-18-16(19)15-7-5-6-13-12-17-10-8-14(13)15/h5-7,17H,2-4,8-12H2,1H3,(H,18,19). The maximum atomic E-state index is 12.2. The lowest BCUT2D eigenvalue weighted by Crippen LogP contribution is -2.30. The Labute approximate surface area is 120 Å². The van der Waals surface area contributed by atoms with Crippen molar-refractivity contribution in [3.63, 3.8) is 0 Å². The van der Waals surface area contributed by atoms with Gasteiger partial charge < -0.3 is 15.4 Å². The van der Waals surface area contributed by atoms with Gasteiger partial charge in [0.1, 0.15) is 0 Å². The molecule has 0 aromatic heterocycles. The van der Waals surface area contributed by atoms with Gasteiger partial charge in [0.2, 0.25) is 0 Å². The van der Waals surface area contributed by atoms with Crippen molar-refractivity contribution in [1.29, 1.82) is 0 Å². The molecule has 2 rings (SSSR count). The van der Waals surface area contributed by atoms with E-state index in [1.54, 1.807) is 7.11 Å². The highest BCUT2D eigenvalue weighted by Gasteiger charge is 2.16. The first-order valence-corrected chi connectivity index (χ1v) is 7.41. The summed E-state index contributed by atoms with van der Waals surface area (Å²) in [4.78, 5) is 12.2. The number of nitrogens with one attached hydrogen (secondary N) is 2. The molecule has 1 heterocycles. The molecule has 0 fully saturated rings. The Morgan fingerprint density at radius 1 is 1.35 bits per heavy atom. The number of benzene rings is 1. The van der Waals surface area contributed by atoms with Crippen molar-refractivity contribution in [1.82, 2.24) is 10.6 Å². The van der Waals surface area contributed by atoms with Crippen molar-refractivity contribution >= 4 is 5.91 Å². The molecule has 0 unspecified atom stereocenters. The summed E-state index contributed by atoms with van der Waals surface area (Å²) in [6.07, 6.45) is 4.09. The highest BCUT2D eigenvalue weighted by molar-refractivity contribution is 5.96. The Bertz CT molecular complexity index is 446. The molecule has 4 heteroatoms. The van der Waals surface area contributed by atoms with Gasteiger partial charge in [0, 0.05) is 32.4 Å². The minimum atomic E-state index is 0.0653. The van der Waals surface area contributed by atoms with Crippen LogP contribution in [0.2, 0.25) is 0 Å². The van der Waals surface area contributed by atoms with Crippen molar-refractivity contribution in [2.45, 2.75) is 32.2 Å². The van der Waals surface area contributed by atoms with E-state index in [0.717, 1.165) is 57.5 Å². The van der Waals surface area contributed by atoms with Crippen LogP contribution in [-0.4, -0.2) is 32.7 Å². The van der Waals surface area contributed by atoms with Crippen LogP contribution in [0, 0.1) is 0 Å². The average Bonchev–Trinajstić information content (AvgIpc) is 2.50. The van der Waals surface area contributed by atoms with Crippen LogP contribution < -0.4 is 10.6 Å².